The lowest BCUT2D eigenvalue weighted by Gasteiger charge is -2.03. The molecule has 5 rings (SSSR count). The minimum atomic E-state index is 0.393. The van der Waals surface area contributed by atoms with Crippen LogP contribution in [0.5, 0.6) is 0 Å². The maximum absolute atomic E-state index is 5.65. The summed E-state index contributed by atoms with van der Waals surface area (Å²) in [6.07, 6.45) is 0.721. The minimum absolute atomic E-state index is 0.393. The lowest BCUT2D eigenvalue weighted by Crippen LogP contribution is -2.09. The fraction of sp³-hybridized carbons (Fsp3) is 0.150. The van der Waals surface area contributed by atoms with Gasteiger partial charge >= 0.3 is 0 Å². The Bertz CT molecular complexity index is 1170. The Kier molecular flexibility index (Phi) is 3.64. The molecule has 7 heteroatoms. The SMILES string of the molecule is CCc1nnc2nc3c(nn12)/C(=N\OCc1ccccc1)c1ccccc1-3. The highest BCUT2D eigenvalue weighted by molar-refractivity contribution is 6.22. The molecule has 2 aromatic carbocycles. The molecule has 1 aliphatic carbocycles. The third-order valence-corrected chi connectivity index (χ3v) is 4.53. The van der Waals surface area contributed by atoms with E-state index in [-0.39, 0.29) is 0 Å². The Hall–Kier alpha value is -3.61. The van der Waals surface area contributed by atoms with Gasteiger partial charge < -0.3 is 4.84 Å². The number of aryl methyl sites for hydroxylation is 1. The molecule has 1 aliphatic rings. The number of benzene rings is 2. The summed E-state index contributed by atoms with van der Waals surface area (Å²) in [5, 5.41) is 17.4. The van der Waals surface area contributed by atoms with Crippen molar-refractivity contribution >= 4 is 11.5 Å². The number of nitrogens with zero attached hydrogens (tertiary/aromatic N) is 6. The van der Waals surface area contributed by atoms with Gasteiger partial charge in [0.05, 0.1) is 0 Å². The standard InChI is InChI=1S/C20H16N6O/c1-2-16-22-23-20-21-17-14-10-6-7-11-15(14)18(19(17)24-26(16)20)25-27-12-13-8-4-3-5-9-13/h3-11H,2,12H2,1H3/b25-18-. The molecular weight excluding hydrogens is 340 g/mol. The molecular formula is C20H16N6O. The van der Waals surface area contributed by atoms with Crippen molar-refractivity contribution in [3.63, 3.8) is 0 Å². The third kappa shape index (κ3) is 2.55. The predicted octanol–water partition coefficient (Wildman–Crippen LogP) is 3.03. The van der Waals surface area contributed by atoms with E-state index in [0.29, 0.717) is 23.8 Å². The van der Waals surface area contributed by atoms with E-state index < -0.39 is 0 Å². The molecule has 4 aromatic rings. The molecule has 0 N–H and O–H groups in total. The van der Waals surface area contributed by atoms with Crippen LogP contribution in [0.3, 0.4) is 0 Å². The van der Waals surface area contributed by atoms with Crippen LogP contribution in [0.25, 0.3) is 17.0 Å². The quantitative estimate of drug-likeness (QED) is 0.463. The molecule has 27 heavy (non-hydrogen) atoms. The van der Waals surface area contributed by atoms with Gasteiger partial charge in [-0.1, -0.05) is 66.7 Å². The van der Waals surface area contributed by atoms with Crippen LogP contribution < -0.4 is 0 Å². The average Bonchev–Trinajstić information content (AvgIpc) is 3.26. The van der Waals surface area contributed by atoms with Crippen LogP contribution in [0.15, 0.2) is 59.8 Å². The highest BCUT2D eigenvalue weighted by Crippen LogP contribution is 2.34. The lowest BCUT2D eigenvalue weighted by molar-refractivity contribution is 0.131. The number of hydrogen-bond donors (Lipinski definition) is 0. The van der Waals surface area contributed by atoms with E-state index in [0.717, 1.165) is 34.6 Å². The van der Waals surface area contributed by atoms with Crippen molar-refractivity contribution < 1.29 is 4.84 Å². The molecule has 132 valence electrons. The molecule has 2 aromatic heterocycles. The first-order valence-corrected chi connectivity index (χ1v) is 8.81. The number of aromatic nitrogens is 5. The van der Waals surface area contributed by atoms with Crippen LogP contribution in [0, 0.1) is 0 Å². The molecule has 0 amide bonds. The van der Waals surface area contributed by atoms with Gasteiger partial charge in [0.25, 0.3) is 5.78 Å². The van der Waals surface area contributed by atoms with Crippen molar-refractivity contribution in [3.05, 3.63) is 77.2 Å². The molecule has 0 bridgehead atoms. The molecule has 0 atom stereocenters. The van der Waals surface area contributed by atoms with Gasteiger partial charge in [0.15, 0.2) is 5.82 Å². The van der Waals surface area contributed by atoms with Crippen LogP contribution in [0.2, 0.25) is 0 Å². The fourth-order valence-electron chi connectivity index (χ4n) is 3.20. The monoisotopic (exact) mass is 356 g/mol. The van der Waals surface area contributed by atoms with Gasteiger partial charge in [0.1, 0.15) is 23.7 Å². The second kappa shape index (κ2) is 6.28. The second-order valence-electron chi connectivity index (χ2n) is 6.24. The maximum Gasteiger partial charge on any atom is 0.272 e. The first-order chi connectivity index (χ1) is 13.3. The largest absolute Gasteiger partial charge is 0.390 e. The summed E-state index contributed by atoms with van der Waals surface area (Å²) in [5.41, 5.74) is 5.12. The van der Waals surface area contributed by atoms with Crippen LogP contribution in [-0.4, -0.2) is 30.5 Å². The smallest absolute Gasteiger partial charge is 0.272 e. The minimum Gasteiger partial charge on any atom is -0.390 e. The Morgan fingerprint density at radius 2 is 1.70 bits per heavy atom. The molecule has 0 radical (unpaired) electrons. The Morgan fingerprint density at radius 3 is 2.52 bits per heavy atom. The fourth-order valence-corrected chi connectivity index (χ4v) is 3.20. The summed E-state index contributed by atoms with van der Waals surface area (Å²) in [6.45, 7) is 2.41. The molecule has 0 saturated carbocycles. The van der Waals surface area contributed by atoms with E-state index in [9.17, 15) is 0 Å². The summed E-state index contributed by atoms with van der Waals surface area (Å²) in [6, 6.07) is 17.9. The first-order valence-electron chi connectivity index (χ1n) is 8.81. The Morgan fingerprint density at radius 1 is 0.926 bits per heavy atom. The normalized spacial score (nSPS) is 13.7. The molecule has 0 saturated heterocycles. The highest BCUT2D eigenvalue weighted by atomic mass is 16.6. The summed E-state index contributed by atoms with van der Waals surface area (Å²) in [7, 11) is 0. The zero-order chi connectivity index (χ0) is 18.2. The average molecular weight is 356 g/mol. The van der Waals surface area contributed by atoms with Gasteiger partial charge in [0.2, 0.25) is 0 Å². The topological polar surface area (TPSA) is 77.6 Å². The van der Waals surface area contributed by atoms with E-state index in [1.54, 1.807) is 4.52 Å². The second-order valence-corrected chi connectivity index (χ2v) is 6.24. The number of rotatable bonds is 4. The summed E-state index contributed by atoms with van der Waals surface area (Å²) < 4.78 is 1.68. The van der Waals surface area contributed by atoms with E-state index in [1.165, 1.54) is 0 Å². The molecule has 0 unspecified atom stereocenters. The van der Waals surface area contributed by atoms with Crippen LogP contribution in [-0.2, 0) is 17.9 Å². The van der Waals surface area contributed by atoms with Gasteiger partial charge in [-0.25, -0.2) is 4.98 Å². The molecule has 2 heterocycles. The summed E-state index contributed by atoms with van der Waals surface area (Å²) in [5.74, 6) is 1.26. The van der Waals surface area contributed by atoms with Gasteiger partial charge in [0, 0.05) is 17.5 Å². The number of oxime groups is 1. The van der Waals surface area contributed by atoms with Gasteiger partial charge in [-0.05, 0) is 5.56 Å². The molecule has 0 aliphatic heterocycles. The zero-order valence-corrected chi connectivity index (χ0v) is 14.7. The van der Waals surface area contributed by atoms with Gasteiger partial charge in [-0.3, -0.25) is 0 Å². The third-order valence-electron chi connectivity index (χ3n) is 4.53. The van der Waals surface area contributed by atoms with E-state index in [2.05, 4.69) is 20.3 Å². The zero-order valence-electron chi connectivity index (χ0n) is 14.7. The number of hydrogen-bond acceptors (Lipinski definition) is 6. The van der Waals surface area contributed by atoms with Crippen molar-refractivity contribution in [1.82, 2.24) is 24.8 Å². The van der Waals surface area contributed by atoms with Crippen molar-refractivity contribution in [2.45, 2.75) is 20.0 Å². The number of fused-ring (bicyclic) bond motifs is 4. The van der Waals surface area contributed by atoms with E-state index in [4.69, 9.17) is 9.94 Å². The molecule has 0 fully saturated rings. The van der Waals surface area contributed by atoms with Crippen LogP contribution >= 0.6 is 0 Å². The Balaban J connectivity index is 1.60. The van der Waals surface area contributed by atoms with Crippen molar-refractivity contribution in [2.24, 2.45) is 5.16 Å². The summed E-state index contributed by atoms with van der Waals surface area (Å²) >= 11 is 0. The highest BCUT2D eigenvalue weighted by Gasteiger charge is 2.30. The van der Waals surface area contributed by atoms with Crippen molar-refractivity contribution in [2.75, 3.05) is 0 Å². The summed E-state index contributed by atoms with van der Waals surface area (Å²) in [4.78, 5) is 10.3. The Labute approximate surface area is 155 Å². The molecule has 7 nitrogen and oxygen atoms in total. The van der Waals surface area contributed by atoms with Crippen molar-refractivity contribution in [1.29, 1.82) is 0 Å². The predicted molar refractivity (Wildman–Crippen MR) is 100 cm³/mol. The maximum atomic E-state index is 5.65. The van der Waals surface area contributed by atoms with Gasteiger partial charge in [-0.2, -0.15) is 9.61 Å². The van der Waals surface area contributed by atoms with Crippen molar-refractivity contribution in [3.8, 4) is 11.3 Å². The first kappa shape index (κ1) is 15.6. The van der Waals surface area contributed by atoms with Gasteiger partial charge in [-0.15, -0.1) is 10.2 Å². The lowest BCUT2D eigenvalue weighted by atomic mass is 10.1. The van der Waals surface area contributed by atoms with Crippen LogP contribution in [0.4, 0.5) is 0 Å². The van der Waals surface area contributed by atoms with Crippen LogP contribution in [0.1, 0.15) is 29.6 Å². The van der Waals surface area contributed by atoms with E-state index in [1.807, 2.05) is 61.5 Å². The molecule has 0 spiro atoms. The van der Waals surface area contributed by atoms with E-state index >= 15 is 0 Å².